The molecule has 0 aromatic carbocycles. The first kappa shape index (κ1) is 16.4. The van der Waals surface area contributed by atoms with Crippen molar-refractivity contribution in [3.8, 4) is 0 Å². The minimum Gasteiger partial charge on any atom is -0.465 e. The highest BCUT2D eigenvalue weighted by atomic mass is 16.5. The molecule has 0 aromatic rings. The summed E-state index contributed by atoms with van der Waals surface area (Å²) < 4.78 is 10.5. The summed E-state index contributed by atoms with van der Waals surface area (Å²) in [6, 6.07) is 0. The van der Waals surface area contributed by atoms with E-state index in [0.717, 1.165) is 12.8 Å². The van der Waals surface area contributed by atoms with Gasteiger partial charge in [0.15, 0.2) is 0 Å². The van der Waals surface area contributed by atoms with Gasteiger partial charge in [-0.1, -0.05) is 0 Å². The normalized spacial score (nSPS) is 15.4. The average Bonchev–Trinajstić information content (AvgIpc) is 2.15. The summed E-state index contributed by atoms with van der Waals surface area (Å²) >= 11 is 0. The van der Waals surface area contributed by atoms with Gasteiger partial charge >= 0.3 is 5.97 Å². The van der Waals surface area contributed by atoms with E-state index in [1.807, 2.05) is 20.8 Å². The molecule has 0 spiro atoms. The van der Waals surface area contributed by atoms with Crippen molar-refractivity contribution < 1.29 is 14.3 Å². The van der Waals surface area contributed by atoms with Gasteiger partial charge in [-0.05, 0) is 53.9 Å². The fourth-order valence-corrected chi connectivity index (χ4v) is 1.37. The fourth-order valence-electron chi connectivity index (χ4n) is 1.37. The van der Waals surface area contributed by atoms with Gasteiger partial charge in [-0.3, -0.25) is 4.79 Å². The highest BCUT2D eigenvalue weighted by Crippen LogP contribution is 2.14. The van der Waals surface area contributed by atoms with Gasteiger partial charge in [0.2, 0.25) is 0 Å². The molecular weight excluding hydrogens is 218 g/mol. The second-order valence-electron chi connectivity index (χ2n) is 5.56. The Hall–Kier alpha value is -0.610. The Morgan fingerprint density at radius 1 is 1.18 bits per heavy atom. The lowest BCUT2D eigenvalue weighted by atomic mass is 9.96. The van der Waals surface area contributed by atoms with Crippen LogP contribution < -0.4 is 5.73 Å². The third kappa shape index (κ3) is 8.16. The summed E-state index contributed by atoms with van der Waals surface area (Å²) in [5, 5.41) is 0. The van der Waals surface area contributed by atoms with E-state index in [2.05, 4.69) is 0 Å². The Balaban J connectivity index is 3.76. The molecule has 0 rings (SSSR count). The number of hydrogen-bond donors (Lipinski definition) is 1. The van der Waals surface area contributed by atoms with Gasteiger partial charge in [0.05, 0.1) is 12.2 Å². The molecule has 0 aliphatic carbocycles. The maximum absolute atomic E-state index is 11.5. The van der Waals surface area contributed by atoms with Crippen LogP contribution in [0.25, 0.3) is 0 Å². The molecule has 102 valence electrons. The molecule has 0 aliphatic rings. The molecule has 0 saturated carbocycles. The van der Waals surface area contributed by atoms with Crippen molar-refractivity contribution >= 4 is 5.97 Å². The summed E-state index contributed by atoms with van der Waals surface area (Å²) in [5.41, 5.74) is 4.92. The third-order valence-electron chi connectivity index (χ3n) is 2.37. The van der Waals surface area contributed by atoms with Crippen LogP contribution in [-0.2, 0) is 14.3 Å². The van der Waals surface area contributed by atoms with Crippen molar-refractivity contribution in [1.82, 2.24) is 0 Å². The lowest BCUT2D eigenvalue weighted by Gasteiger charge is -2.23. The van der Waals surface area contributed by atoms with Crippen molar-refractivity contribution in [1.29, 1.82) is 0 Å². The minimum atomic E-state index is -0.877. The predicted molar refractivity (Wildman–Crippen MR) is 68.8 cm³/mol. The Labute approximate surface area is 105 Å². The number of nitrogens with two attached hydrogens (primary N) is 1. The average molecular weight is 245 g/mol. The Kier molecular flexibility index (Phi) is 6.72. The number of carbonyl (C=O) groups is 1. The number of carbonyl (C=O) groups excluding carboxylic acids is 1. The monoisotopic (exact) mass is 245 g/mol. The molecule has 0 radical (unpaired) electrons. The maximum Gasteiger partial charge on any atom is 0.325 e. The van der Waals surface area contributed by atoms with Gasteiger partial charge in [0.25, 0.3) is 0 Å². The first-order valence-corrected chi connectivity index (χ1v) is 6.29. The largest absolute Gasteiger partial charge is 0.465 e. The molecule has 0 aromatic heterocycles. The zero-order valence-electron chi connectivity index (χ0n) is 11.8. The molecule has 17 heavy (non-hydrogen) atoms. The lowest BCUT2D eigenvalue weighted by Crippen LogP contribution is -2.46. The zero-order chi connectivity index (χ0) is 13.5. The van der Waals surface area contributed by atoms with Crippen molar-refractivity contribution in [2.45, 2.75) is 65.0 Å². The molecule has 2 N–H and O–H groups in total. The number of ether oxygens (including phenoxy) is 2. The van der Waals surface area contributed by atoms with Gasteiger partial charge in [-0.25, -0.2) is 0 Å². The quantitative estimate of drug-likeness (QED) is 0.552. The number of rotatable bonds is 7. The highest BCUT2D eigenvalue weighted by Gasteiger charge is 2.29. The fraction of sp³-hybridized carbons (Fsp3) is 0.923. The van der Waals surface area contributed by atoms with Crippen LogP contribution in [0, 0.1) is 0 Å². The first-order valence-electron chi connectivity index (χ1n) is 6.29. The summed E-state index contributed by atoms with van der Waals surface area (Å²) in [6.45, 7) is 10.7. The van der Waals surface area contributed by atoms with E-state index in [1.54, 1.807) is 13.8 Å². The van der Waals surface area contributed by atoms with Crippen LogP contribution in [0.5, 0.6) is 0 Å². The van der Waals surface area contributed by atoms with E-state index in [0.29, 0.717) is 19.6 Å². The maximum atomic E-state index is 11.5. The molecular formula is C13H27NO3. The first-order chi connectivity index (χ1) is 7.69. The predicted octanol–water partition coefficient (Wildman–Crippen LogP) is 2.25. The molecule has 0 amide bonds. The molecule has 0 heterocycles. The van der Waals surface area contributed by atoms with Gasteiger partial charge in [0, 0.05) is 6.61 Å². The zero-order valence-corrected chi connectivity index (χ0v) is 11.8. The van der Waals surface area contributed by atoms with Crippen molar-refractivity contribution in [2.75, 3.05) is 13.2 Å². The molecule has 1 unspecified atom stereocenters. The summed E-state index contributed by atoms with van der Waals surface area (Å²) in [4.78, 5) is 11.5. The smallest absolute Gasteiger partial charge is 0.325 e. The van der Waals surface area contributed by atoms with E-state index in [4.69, 9.17) is 15.2 Å². The van der Waals surface area contributed by atoms with Gasteiger partial charge < -0.3 is 15.2 Å². The van der Waals surface area contributed by atoms with Crippen molar-refractivity contribution in [2.24, 2.45) is 5.73 Å². The molecule has 0 aliphatic heterocycles. The van der Waals surface area contributed by atoms with Crippen LogP contribution in [0.15, 0.2) is 0 Å². The molecule has 4 nitrogen and oxygen atoms in total. The van der Waals surface area contributed by atoms with E-state index in [9.17, 15) is 4.79 Å². The number of hydrogen-bond acceptors (Lipinski definition) is 4. The van der Waals surface area contributed by atoms with Gasteiger partial charge in [-0.15, -0.1) is 0 Å². The van der Waals surface area contributed by atoms with Crippen LogP contribution in [0.2, 0.25) is 0 Å². The van der Waals surface area contributed by atoms with Crippen LogP contribution in [0.4, 0.5) is 0 Å². The third-order valence-corrected chi connectivity index (χ3v) is 2.37. The topological polar surface area (TPSA) is 61.5 Å². The molecule has 0 bridgehead atoms. The SMILES string of the molecule is CCOC(=O)C(C)(N)CCCCOC(C)(C)C. The van der Waals surface area contributed by atoms with Crippen LogP contribution >= 0.6 is 0 Å². The van der Waals surface area contributed by atoms with E-state index >= 15 is 0 Å². The Morgan fingerprint density at radius 2 is 1.76 bits per heavy atom. The molecule has 0 fully saturated rings. The van der Waals surface area contributed by atoms with Gasteiger partial charge in [-0.2, -0.15) is 0 Å². The Morgan fingerprint density at radius 3 is 2.24 bits per heavy atom. The second kappa shape index (κ2) is 6.97. The number of unbranched alkanes of at least 4 members (excludes halogenated alkanes) is 1. The van der Waals surface area contributed by atoms with Crippen LogP contribution in [0.1, 0.15) is 53.9 Å². The van der Waals surface area contributed by atoms with Crippen molar-refractivity contribution in [3.63, 3.8) is 0 Å². The van der Waals surface area contributed by atoms with E-state index in [-0.39, 0.29) is 11.6 Å². The van der Waals surface area contributed by atoms with Crippen molar-refractivity contribution in [3.05, 3.63) is 0 Å². The number of esters is 1. The van der Waals surface area contributed by atoms with Gasteiger partial charge in [0.1, 0.15) is 5.54 Å². The highest BCUT2D eigenvalue weighted by molar-refractivity contribution is 5.79. The summed E-state index contributed by atoms with van der Waals surface area (Å²) in [7, 11) is 0. The molecule has 1 atom stereocenters. The standard InChI is InChI=1S/C13H27NO3/c1-6-16-11(15)13(5,14)9-7-8-10-17-12(2,3)4/h6-10,14H2,1-5H3. The van der Waals surface area contributed by atoms with E-state index in [1.165, 1.54) is 0 Å². The molecule has 4 heteroatoms. The van der Waals surface area contributed by atoms with Crippen LogP contribution in [0.3, 0.4) is 0 Å². The van der Waals surface area contributed by atoms with Crippen LogP contribution in [-0.4, -0.2) is 30.3 Å². The second-order valence-corrected chi connectivity index (χ2v) is 5.56. The van der Waals surface area contributed by atoms with E-state index < -0.39 is 5.54 Å². The summed E-state index contributed by atoms with van der Waals surface area (Å²) in [5.74, 6) is -0.322. The minimum absolute atomic E-state index is 0.104. The summed E-state index contributed by atoms with van der Waals surface area (Å²) in [6.07, 6.45) is 2.39. The lowest BCUT2D eigenvalue weighted by molar-refractivity contribution is -0.149. The molecule has 0 saturated heterocycles. The Bertz CT molecular complexity index is 231.